The van der Waals surface area contributed by atoms with Gasteiger partial charge >= 0.3 is 0 Å². The molecule has 3 rings (SSSR count). The molecule has 1 aromatic carbocycles. The second kappa shape index (κ2) is 7.59. The molecule has 1 aromatic heterocycles. The third-order valence-electron chi connectivity index (χ3n) is 4.70. The van der Waals surface area contributed by atoms with Crippen molar-refractivity contribution in [2.24, 2.45) is 5.92 Å². The van der Waals surface area contributed by atoms with Crippen molar-refractivity contribution in [1.82, 2.24) is 10.1 Å². The smallest absolute Gasteiger partial charge is 0.276 e. The Morgan fingerprint density at radius 1 is 1.28 bits per heavy atom. The number of para-hydroxylation sites is 2. The van der Waals surface area contributed by atoms with Crippen LogP contribution in [-0.4, -0.2) is 36.2 Å². The van der Waals surface area contributed by atoms with Crippen LogP contribution in [0.4, 0.5) is 0 Å². The SMILES string of the molecule is COc1ccccc1OCc1c(C(=O)N2CCC(C)CC2)noc1C. The fraction of sp³-hybridized carbons (Fsp3) is 0.474. The lowest BCUT2D eigenvalue weighted by molar-refractivity contribution is 0.0684. The monoisotopic (exact) mass is 344 g/mol. The summed E-state index contributed by atoms with van der Waals surface area (Å²) in [6.45, 7) is 5.75. The van der Waals surface area contributed by atoms with E-state index in [0.29, 0.717) is 34.4 Å². The summed E-state index contributed by atoms with van der Waals surface area (Å²) < 4.78 is 16.4. The largest absolute Gasteiger partial charge is 0.493 e. The van der Waals surface area contributed by atoms with Gasteiger partial charge in [0, 0.05) is 13.1 Å². The average molecular weight is 344 g/mol. The van der Waals surface area contributed by atoms with Crippen molar-refractivity contribution in [1.29, 1.82) is 0 Å². The minimum atomic E-state index is -0.0811. The quantitative estimate of drug-likeness (QED) is 0.831. The molecule has 0 spiro atoms. The Hall–Kier alpha value is -2.50. The van der Waals surface area contributed by atoms with Crippen LogP contribution in [0.1, 0.15) is 41.6 Å². The number of methoxy groups -OCH3 is 1. The maximum absolute atomic E-state index is 12.8. The second-order valence-electron chi connectivity index (χ2n) is 6.48. The number of aryl methyl sites for hydroxylation is 1. The molecule has 1 saturated heterocycles. The summed E-state index contributed by atoms with van der Waals surface area (Å²) >= 11 is 0. The van der Waals surface area contributed by atoms with Crippen LogP contribution in [0.25, 0.3) is 0 Å². The van der Waals surface area contributed by atoms with Gasteiger partial charge in [-0.25, -0.2) is 0 Å². The number of benzene rings is 1. The van der Waals surface area contributed by atoms with Gasteiger partial charge in [0.15, 0.2) is 17.2 Å². The number of ether oxygens (including phenoxy) is 2. The Bertz CT molecular complexity index is 733. The zero-order chi connectivity index (χ0) is 17.8. The molecule has 0 radical (unpaired) electrons. The molecular formula is C19H24N2O4. The van der Waals surface area contributed by atoms with Gasteiger partial charge in [-0.1, -0.05) is 24.2 Å². The Balaban J connectivity index is 1.74. The van der Waals surface area contributed by atoms with Crippen molar-refractivity contribution < 1.29 is 18.8 Å². The number of rotatable bonds is 5. The highest BCUT2D eigenvalue weighted by molar-refractivity contribution is 5.93. The Morgan fingerprint density at radius 3 is 2.64 bits per heavy atom. The molecule has 134 valence electrons. The van der Waals surface area contributed by atoms with E-state index in [2.05, 4.69) is 12.1 Å². The van der Waals surface area contributed by atoms with Gasteiger partial charge < -0.3 is 18.9 Å². The highest BCUT2D eigenvalue weighted by atomic mass is 16.5. The molecule has 0 unspecified atom stereocenters. The van der Waals surface area contributed by atoms with E-state index in [4.69, 9.17) is 14.0 Å². The van der Waals surface area contributed by atoms with Gasteiger partial charge in [-0.05, 0) is 37.8 Å². The molecule has 6 nitrogen and oxygen atoms in total. The topological polar surface area (TPSA) is 64.8 Å². The fourth-order valence-electron chi connectivity index (χ4n) is 2.98. The molecule has 1 amide bonds. The molecule has 6 heteroatoms. The van der Waals surface area contributed by atoms with E-state index in [1.165, 1.54) is 0 Å². The van der Waals surface area contributed by atoms with Gasteiger partial charge in [-0.15, -0.1) is 0 Å². The second-order valence-corrected chi connectivity index (χ2v) is 6.48. The van der Waals surface area contributed by atoms with Crippen LogP contribution in [0.3, 0.4) is 0 Å². The molecule has 0 aliphatic carbocycles. The Kier molecular flexibility index (Phi) is 5.26. The first kappa shape index (κ1) is 17.3. The molecule has 0 N–H and O–H groups in total. The maximum Gasteiger partial charge on any atom is 0.276 e. The molecule has 2 aromatic rings. The first-order valence-corrected chi connectivity index (χ1v) is 8.60. The molecule has 1 fully saturated rings. The maximum atomic E-state index is 12.8. The highest BCUT2D eigenvalue weighted by Crippen LogP contribution is 2.28. The summed E-state index contributed by atoms with van der Waals surface area (Å²) in [6.07, 6.45) is 2.05. The van der Waals surface area contributed by atoms with E-state index >= 15 is 0 Å². The lowest BCUT2D eigenvalue weighted by Gasteiger charge is -2.29. The van der Waals surface area contributed by atoms with Crippen LogP contribution in [0.15, 0.2) is 28.8 Å². The van der Waals surface area contributed by atoms with Gasteiger partial charge in [0.05, 0.1) is 12.7 Å². The number of hydrogen-bond donors (Lipinski definition) is 0. The summed E-state index contributed by atoms with van der Waals surface area (Å²) in [5.41, 5.74) is 1.04. The summed E-state index contributed by atoms with van der Waals surface area (Å²) in [7, 11) is 1.60. The molecule has 25 heavy (non-hydrogen) atoms. The van der Waals surface area contributed by atoms with Crippen LogP contribution >= 0.6 is 0 Å². The predicted molar refractivity (Wildman–Crippen MR) is 92.9 cm³/mol. The first-order chi connectivity index (χ1) is 12.1. The molecular weight excluding hydrogens is 320 g/mol. The van der Waals surface area contributed by atoms with Crippen molar-refractivity contribution in [2.45, 2.75) is 33.3 Å². The van der Waals surface area contributed by atoms with Crippen molar-refractivity contribution in [2.75, 3.05) is 20.2 Å². The molecule has 2 heterocycles. The summed E-state index contributed by atoms with van der Waals surface area (Å²) in [5, 5.41) is 3.99. The van der Waals surface area contributed by atoms with Crippen molar-refractivity contribution in [3.8, 4) is 11.5 Å². The van der Waals surface area contributed by atoms with Gasteiger partial charge in [0.1, 0.15) is 12.4 Å². The molecule has 1 aliphatic heterocycles. The van der Waals surface area contributed by atoms with E-state index in [-0.39, 0.29) is 12.5 Å². The lowest BCUT2D eigenvalue weighted by Crippen LogP contribution is -2.38. The summed E-state index contributed by atoms with van der Waals surface area (Å²) in [5.74, 6) is 2.45. The van der Waals surface area contributed by atoms with Crippen LogP contribution in [0.2, 0.25) is 0 Å². The van der Waals surface area contributed by atoms with Gasteiger partial charge in [-0.2, -0.15) is 0 Å². The van der Waals surface area contributed by atoms with Crippen LogP contribution in [0.5, 0.6) is 11.5 Å². The van der Waals surface area contributed by atoms with E-state index in [0.717, 1.165) is 25.9 Å². The van der Waals surface area contributed by atoms with Crippen molar-refractivity contribution >= 4 is 5.91 Å². The number of amides is 1. The minimum absolute atomic E-state index is 0.0811. The molecule has 1 aliphatic rings. The van der Waals surface area contributed by atoms with Gasteiger partial charge in [0.25, 0.3) is 5.91 Å². The predicted octanol–water partition coefficient (Wildman–Crippen LogP) is 3.44. The van der Waals surface area contributed by atoms with E-state index in [9.17, 15) is 4.79 Å². The lowest BCUT2D eigenvalue weighted by atomic mass is 9.99. The number of hydrogen-bond acceptors (Lipinski definition) is 5. The average Bonchev–Trinajstić information content (AvgIpc) is 3.00. The zero-order valence-corrected chi connectivity index (χ0v) is 14.9. The van der Waals surface area contributed by atoms with Crippen molar-refractivity contribution in [3.63, 3.8) is 0 Å². The van der Waals surface area contributed by atoms with Gasteiger partial charge in [0.2, 0.25) is 0 Å². The molecule has 0 saturated carbocycles. The van der Waals surface area contributed by atoms with E-state index in [1.807, 2.05) is 29.2 Å². The molecule has 0 bridgehead atoms. The normalized spacial score (nSPS) is 15.2. The van der Waals surface area contributed by atoms with Gasteiger partial charge in [-0.3, -0.25) is 4.79 Å². The Morgan fingerprint density at radius 2 is 1.96 bits per heavy atom. The number of piperidine rings is 1. The third kappa shape index (κ3) is 3.78. The van der Waals surface area contributed by atoms with Crippen molar-refractivity contribution in [3.05, 3.63) is 41.3 Å². The molecule has 0 atom stereocenters. The number of carbonyl (C=O) groups excluding carboxylic acids is 1. The minimum Gasteiger partial charge on any atom is -0.493 e. The zero-order valence-electron chi connectivity index (χ0n) is 14.9. The highest BCUT2D eigenvalue weighted by Gasteiger charge is 2.27. The number of likely N-dealkylation sites (tertiary alicyclic amines) is 1. The Labute approximate surface area is 147 Å². The third-order valence-corrected chi connectivity index (χ3v) is 4.70. The first-order valence-electron chi connectivity index (χ1n) is 8.60. The number of aromatic nitrogens is 1. The van der Waals surface area contributed by atoms with Crippen LogP contribution in [-0.2, 0) is 6.61 Å². The standard InChI is InChI=1S/C19H24N2O4/c1-13-8-10-21(11-9-13)19(22)18-15(14(2)25-20-18)12-24-17-7-5-4-6-16(17)23-3/h4-7,13H,8-12H2,1-3H3. The summed E-state index contributed by atoms with van der Waals surface area (Å²) in [6, 6.07) is 7.41. The van der Waals surface area contributed by atoms with E-state index in [1.54, 1.807) is 14.0 Å². The van der Waals surface area contributed by atoms with Crippen LogP contribution < -0.4 is 9.47 Å². The number of carbonyl (C=O) groups is 1. The fourth-order valence-corrected chi connectivity index (χ4v) is 2.98. The number of nitrogens with zero attached hydrogens (tertiary/aromatic N) is 2. The van der Waals surface area contributed by atoms with Crippen LogP contribution in [0, 0.1) is 12.8 Å². The summed E-state index contributed by atoms with van der Waals surface area (Å²) in [4.78, 5) is 14.6. The van der Waals surface area contributed by atoms with E-state index < -0.39 is 0 Å².